The molecule has 0 radical (unpaired) electrons. The van der Waals surface area contributed by atoms with Crippen molar-refractivity contribution in [1.29, 1.82) is 0 Å². The van der Waals surface area contributed by atoms with Crippen LogP contribution in [0.4, 0.5) is 0 Å². The first-order chi connectivity index (χ1) is 7.15. The summed E-state index contributed by atoms with van der Waals surface area (Å²) >= 11 is 17.3. The number of benzene rings is 1. The maximum Gasteiger partial charge on any atom is 0.0453 e. The van der Waals surface area contributed by atoms with Crippen molar-refractivity contribution < 1.29 is 0 Å². The molecule has 0 amide bonds. The van der Waals surface area contributed by atoms with Crippen LogP contribution >= 0.6 is 34.8 Å². The molecule has 1 aromatic carbocycles. The highest BCUT2D eigenvalue weighted by molar-refractivity contribution is 6.36. The standard InChI is InChI=1S/C11H12Cl3N/c1-8(15-7-9(13)6-12)10-4-2-3-5-11(10)14/h2-6,8,15H,7H2,1H3/b9-6-/t8-/m1/s1. The lowest BCUT2D eigenvalue weighted by atomic mass is 10.1. The Morgan fingerprint density at radius 3 is 2.73 bits per heavy atom. The fraction of sp³-hybridized carbons (Fsp3) is 0.273. The van der Waals surface area contributed by atoms with E-state index in [2.05, 4.69) is 5.32 Å². The van der Waals surface area contributed by atoms with Crippen molar-refractivity contribution in [2.75, 3.05) is 6.54 Å². The SMILES string of the molecule is C[C@@H](NC/C(Cl)=C/Cl)c1ccccc1Cl. The second kappa shape index (κ2) is 6.39. The summed E-state index contributed by atoms with van der Waals surface area (Å²) in [6.07, 6.45) is 0. The van der Waals surface area contributed by atoms with Gasteiger partial charge in [0.05, 0.1) is 0 Å². The molecule has 4 heteroatoms. The maximum atomic E-state index is 6.05. The van der Waals surface area contributed by atoms with E-state index in [4.69, 9.17) is 34.8 Å². The number of halogens is 3. The molecule has 1 aromatic rings. The lowest BCUT2D eigenvalue weighted by Crippen LogP contribution is -2.20. The molecule has 1 atom stereocenters. The van der Waals surface area contributed by atoms with Crippen LogP contribution in [-0.4, -0.2) is 6.54 Å². The van der Waals surface area contributed by atoms with Crippen LogP contribution in [0.15, 0.2) is 34.8 Å². The van der Waals surface area contributed by atoms with Crippen LogP contribution in [0.3, 0.4) is 0 Å². The Kier molecular flexibility index (Phi) is 5.48. The molecular formula is C11H12Cl3N. The average Bonchev–Trinajstić information content (AvgIpc) is 2.26. The highest BCUT2D eigenvalue weighted by Crippen LogP contribution is 2.22. The summed E-state index contributed by atoms with van der Waals surface area (Å²) in [5, 5.41) is 4.55. The van der Waals surface area contributed by atoms with Gasteiger partial charge in [-0.15, -0.1) is 0 Å². The molecule has 0 aromatic heterocycles. The minimum atomic E-state index is 0.143. The third-order valence-corrected chi connectivity index (χ3v) is 3.03. The molecule has 15 heavy (non-hydrogen) atoms. The van der Waals surface area contributed by atoms with Crippen molar-refractivity contribution in [3.05, 3.63) is 45.4 Å². The van der Waals surface area contributed by atoms with E-state index < -0.39 is 0 Å². The van der Waals surface area contributed by atoms with Gasteiger partial charge in [0.1, 0.15) is 0 Å². The smallest absolute Gasteiger partial charge is 0.0453 e. The minimum absolute atomic E-state index is 0.143. The van der Waals surface area contributed by atoms with Crippen molar-refractivity contribution in [2.45, 2.75) is 13.0 Å². The van der Waals surface area contributed by atoms with Gasteiger partial charge in [-0.1, -0.05) is 53.0 Å². The zero-order valence-corrected chi connectivity index (χ0v) is 10.6. The van der Waals surface area contributed by atoms with Crippen molar-refractivity contribution >= 4 is 34.8 Å². The molecule has 0 aliphatic rings. The lowest BCUT2D eigenvalue weighted by molar-refractivity contribution is 0.614. The van der Waals surface area contributed by atoms with Gasteiger partial charge in [0.15, 0.2) is 0 Å². The summed E-state index contributed by atoms with van der Waals surface area (Å²) in [7, 11) is 0. The maximum absolute atomic E-state index is 6.05. The highest BCUT2D eigenvalue weighted by Gasteiger charge is 2.08. The van der Waals surface area contributed by atoms with Gasteiger partial charge in [0, 0.05) is 28.2 Å². The van der Waals surface area contributed by atoms with Crippen molar-refractivity contribution in [1.82, 2.24) is 5.32 Å². The number of rotatable bonds is 4. The summed E-state index contributed by atoms with van der Waals surface area (Å²) in [5.41, 5.74) is 2.41. The van der Waals surface area contributed by atoms with E-state index in [0.717, 1.165) is 10.6 Å². The van der Waals surface area contributed by atoms with E-state index in [0.29, 0.717) is 11.6 Å². The van der Waals surface area contributed by atoms with Crippen LogP contribution in [0.1, 0.15) is 18.5 Å². The Morgan fingerprint density at radius 2 is 2.13 bits per heavy atom. The lowest BCUT2D eigenvalue weighted by Gasteiger charge is -2.14. The summed E-state index contributed by atoms with van der Waals surface area (Å²) in [4.78, 5) is 0. The van der Waals surface area contributed by atoms with Gasteiger partial charge >= 0.3 is 0 Å². The predicted octanol–water partition coefficient (Wildman–Crippen LogP) is 4.31. The Balaban J connectivity index is 2.61. The van der Waals surface area contributed by atoms with Crippen molar-refractivity contribution in [3.8, 4) is 0 Å². The molecule has 0 heterocycles. The fourth-order valence-corrected chi connectivity index (χ4v) is 1.68. The van der Waals surface area contributed by atoms with Crippen LogP contribution in [0.2, 0.25) is 5.02 Å². The Morgan fingerprint density at radius 1 is 1.47 bits per heavy atom. The molecule has 0 bridgehead atoms. The van der Waals surface area contributed by atoms with Gasteiger partial charge in [-0.25, -0.2) is 0 Å². The molecule has 0 saturated heterocycles. The molecular weight excluding hydrogens is 252 g/mol. The van der Waals surface area contributed by atoms with E-state index in [1.54, 1.807) is 0 Å². The van der Waals surface area contributed by atoms with Crippen LogP contribution in [0.5, 0.6) is 0 Å². The first-order valence-corrected chi connectivity index (χ1v) is 5.77. The van der Waals surface area contributed by atoms with E-state index in [9.17, 15) is 0 Å². The number of nitrogens with one attached hydrogen (secondary N) is 1. The normalized spacial score (nSPS) is 14.0. The van der Waals surface area contributed by atoms with Gasteiger partial charge in [0.2, 0.25) is 0 Å². The molecule has 0 aliphatic carbocycles. The summed E-state index contributed by atoms with van der Waals surface area (Å²) in [5.74, 6) is 0. The second-order valence-electron chi connectivity index (χ2n) is 3.18. The monoisotopic (exact) mass is 263 g/mol. The molecule has 1 nitrogen and oxygen atoms in total. The van der Waals surface area contributed by atoms with E-state index in [-0.39, 0.29) is 6.04 Å². The molecule has 0 spiro atoms. The Hall–Kier alpha value is -0.210. The van der Waals surface area contributed by atoms with Gasteiger partial charge in [0.25, 0.3) is 0 Å². The minimum Gasteiger partial charge on any atom is -0.305 e. The molecule has 0 saturated carbocycles. The van der Waals surface area contributed by atoms with Gasteiger partial charge in [-0.3, -0.25) is 0 Å². The fourth-order valence-electron chi connectivity index (χ4n) is 1.23. The van der Waals surface area contributed by atoms with Crippen LogP contribution in [0, 0.1) is 0 Å². The first kappa shape index (κ1) is 12.9. The Labute approximate surface area is 105 Å². The molecule has 0 fully saturated rings. The second-order valence-corrected chi connectivity index (χ2v) is 4.29. The summed E-state index contributed by atoms with van der Waals surface area (Å²) < 4.78 is 0. The predicted molar refractivity (Wildman–Crippen MR) is 67.7 cm³/mol. The zero-order chi connectivity index (χ0) is 11.3. The zero-order valence-electron chi connectivity index (χ0n) is 8.31. The number of hydrogen-bond donors (Lipinski definition) is 1. The third-order valence-electron chi connectivity index (χ3n) is 2.07. The largest absolute Gasteiger partial charge is 0.305 e. The highest BCUT2D eigenvalue weighted by atomic mass is 35.5. The van der Waals surface area contributed by atoms with Gasteiger partial charge < -0.3 is 5.32 Å². The Bertz CT molecular complexity index is 349. The van der Waals surface area contributed by atoms with E-state index in [1.165, 1.54) is 5.54 Å². The molecule has 1 rings (SSSR count). The van der Waals surface area contributed by atoms with Crippen LogP contribution in [-0.2, 0) is 0 Å². The molecule has 1 N–H and O–H groups in total. The molecule has 0 unspecified atom stereocenters. The van der Waals surface area contributed by atoms with Gasteiger partial charge in [-0.05, 0) is 18.6 Å². The van der Waals surface area contributed by atoms with Crippen LogP contribution in [0.25, 0.3) is 0 Å². The quantitative estimate of drug-likeness (QED) is 0.854. The first-order valence-electron chi connectivity index (χ1n) is 4.57. The summed E-state index contributed by atoms with van der Waals surface area (Å²) in [6, 6.07) is 7.86. The molecule has 82 valence electrons. The van der Waals surface area contributed by atoms with Crippen molar-refractivity contribution in [2.24, 2.45) is 0 Å². The van der Waals surface area contributed by atoms with Gasteiger partial charge in [-0.2, -0.15) is 0 Å². The average molecular weight is 265 g/mol. The molecule has 0 aliphatic heterocycles. The van der Waals surface area contributed by atoms with E-state index in [1.807, 2.05) is 31.2 Å². The topological polar surface area (TPSA) is 12.0 Å². The van der Waals surface area contributed by atoms with Crippen molar-refractivity contribution in [3.63, 3.8) is 0 Å². The van der Waals surface area contributed by atoms with E-state index >= 15 is 0 Å². The number of hydrogen-bond acceptors (Lipinski definition) is 1. The summed E-state index contributed by atoms with van der Waals surface area (Å²) in [6.45, 7) is 2.57. The van der Waals surface area contributed by atoms with Crippen LogP contribution < -0.4 is 5.32 Å². The third kappa shape index (κ3) is 4.04.